The monoisotopic (exact) mass is 565 g/mol. The van der Waals surface area contributed by atoms with E-state index in [-0.39, 0.29) is 0 Å². The maximum atomic E-state index is 12.1. The van der Waals surface area contributed by atoms with Crippen LogP contribution in [-0.4, -0.2) is 65.4 Å². The number of aliphatic hydroxyl groups is 2. The summed E-state index contributed by atoms with van der Waals surface area (Å²) in [5.41, 5.74) is -1.70. The molecule has 7 atom stereocenters. The van der Waals surface area contributed by atoms with Gasteiger partial charge in [-0.05, 0) is 12.8 Å². The molecule has 17 nitrogen and oxygen atoms in total. The SMILES string of the molecule is O=c1ccn([C@@H]2O[C@H](COP(=O)(O)OP(=O)(O)OP(=O)(O)NC3CCCCC3)[C@H](O)C2O)c(=O)[nH]1. The molecule has 200 valence electrons. The molecule has 35 heavy (non-hydrogen) atoms. The van der Waals surface area contributed by atoms with Crippen LogP contribution in [-0.2, 0) is 31.6 Å². The largest absolute Gasteiger partial charge is 0.489 e. The molecule has 1 aromatic rings. The maximum Gasteiger partial charge on any atom is 0.489 e. The van der Waals surface area contributed by atoms with Gasteiger partial charge >= 0.3 is 29.1 Å². The number of ether oxygens (including phenoxy) is 1. The van der Waals surface area contributed by atoms with Crippen molar-refractivity contribution in [1.82, 2.24) is 14.6 Å². The lowest BCUT2D eigenvalue weighted by Crippen LogP contribution is -2.37. The Morgan fingerprint density at radius 1 is 1.03 bits per heavy atom. The Balaban J connectivity index is 1.57. The van der Waals surface area contributed by atoms with Crippen molar-refractivity contribution in [2.75, 3.05) is 6.61 Å². The van der Waals surface area contributed by atoms with Crippen molar-refractivity contribution in [1.29, 1.82) is 0 Å². The number of nitrogens with zero attached hydrogens (tertiary/aromatic N) is 1. The molecule has 1 aliphatic carbocycles. The van der Waals surface area contributed by atoms with Gasteiger partial charge in [-0.2, -0.15) is 8.62 Å². The van der Waals surface area contributed by atoms with Crippen molar-refractivity contribution in [3.63, 3.8) is 0 Å². The molecular weight excluding hydrogens is 539 g/mol. The van der Waals surface area contributed by atoms with Gasteiger partial charge in [0.25, 0.3) is 5.56 Å². The number of aromatic amines is 1. The summed E-state index contributed by atoms with van der Waals surface area (Å²) >= 11 is 0. The highest BCUT2D eigenvalue weighted by molar-refractivity contribution is 7.67. The Labute approximate surface area is 197 Å². The molecule has 1 saturated heterocycles. The molecule has 1 saturated carbocycles. The van der Waals surface area contributed by atoms with E-state index in [2.05, 4.69) is 18.2 Å². The Bertz CT molecular complexity index is 1150. The zero-order valence-electron chi connectivity index (χ0n) is 18.0. The van der Waals surface area contributed by atoms with E-state index < -0.39 is 71.8 Å². The van der Waals surface area contributed by atoms with Crippen molar-refractivity contribution in [2.24, 2.45) is 0 Å². The van der Waals surface area contributed by atoms with Gasteiger partial charge in [0.15, 0.2) is 6.23 Å². The number of aromatic nitrogens is 2. The molecule has 1 aromatic heterocycles. The molecular formula is C15H26N3O14P3. The third-order valence-corrected chi connectivity index (χ3v) is 9.76. The topological polar surface area (TPSA) is 256 Å². The second-order valence-corrected chi connectivity index (χ2v) is 12.7. The molecule has 0 spiro atoms. The highest BCUT2D eigenvalue weighted by Crippen LogP contribution is 2.66. The van der Waals surface area contributed by atoms with Gasteiger partial charge in [0, 0.05) is 18.3 Å². The van der Waals surface area contributed by atoms with Crippen LogP contribution in [0.3, 0.4) is 0 Å². The Hall–Kier alpha value is -1.03. The van der Waals surface area contributed by atoms with Crippen LogP contribution < -0.4 is 16.3 Å². The fraction of sp³-hybridized carbons (Fsp3) is 0.733. The molecule has 2 aliphatic rings. The second-order valence-electron chi connectivity index (χ2n) is 7.94. The predicted molar refractivity (Wildman–Crippen MR) is 115 cm³/mol. The fourth-order valence-electron chi connectivity index (χ4n) is 3.69. The molecule has 0 bridgehead atoms. The number of phosphoric ester groups is 1. The van der Waals surface area contributed by atoms with Crippen LogP contribution in [0.1, 0.15) is 38.3 Å². The van der Waals surface area contributed by atoms with E-state index in [9.17, 15) is 48.2 Å². The third-order valence-electron chi connectivity index (χ3n) is 5.24. The minimum atomic E-state index is -5.61. The molecule has 3 rings (SSSR count). The standard InChI is InChI=1S/C15H26N3O14P3/c19-11-6-7-18(15(22)16-11)14-13(21)12(20)10(30-14)8-29-34(25,26)32-35(27,28)31-33(23,24)17-9-4-2-1-3-5-9/h6-7,9-10,12-14,20-21H,1-5,8H2,(H,25,26)(H,27,28)(H,16,19,22)(H2,17,23,24)/t10-,12+,13?,14-/m1/s1. The number of hydrogen-bond donors (Lipinski definition) is 7. The number of phosphoric acid groups is 2. The van der Waals surface area contributed by atoms with Crippen LogP contribution >= 0.6 is 23.4 Å². The molecule has 4 unspecified atom stereocenters. The number of hydrogen-bond acceptors (Lipinski definition) is 11. The van der Waals surface area contributed by atoms with E-state index in [4.69, 9.17) is 4.74 Å². The van der Waals surface area contributed by atoms with Crippen molar-refractivity contribution in [2.45, 2.75) is 62.7 Å². The summed E-state index contributed by atoms with van der Waals surface area (Å²) in [7, 11) is -16.0. The van der Waals surface area contributed by atoms with Gasteiger partial charge in [0.1, 0.15) is 18.3 Å². The maximum absolute atomic E-state index is 12.1. The summed E-state index contributed by atoms with van der Waals surface area (Å²) in [6.07, 6.45) is -2.04. The van der Waals surface area contributed by atoms with Crippen molar-refractivity contribution in [3.05, 3.63) is 33.1 Å². The molecule has 0 amide bonds. The first kappa shape index (κ1) is 28.5. The zero-order chi connectivity index (χ0) is 26.0. The summed E-state index contributed by atoms with van der Waals surface area (Å²) in [6.45, 7) is -0.988. The molecule has 0 aromatic carbocycles. The van der Waals surface area contributed by atoms with Crippen LogP contribution in [0.4, 0.5) is 0 Å². The normalized spacial score (nSPS) is 30.9. The number of nitrogens with one attached hydrogen (secondary N) is 2. The van der Waals surface area contributed by atoms with E-state index >= 15 is 0 Å². The lowest BCUT2D eigenvalue weighted by atomic mass is 9.96. The molecule has 1 aliphatic heterocycles. The Morgan fingerprint density at radius 3 is 2.31 bits per heavy atom. The average molecular weight is 565 g/mol. The summed E-state index contributed by atoms with van der Waals surface area (Å²) < 4.78 is 55.0. The molecule has 0 radical (unpaired) electrons. The molecule has 2 fully saturated rings. The third kappa shape index (κ3) is 7.98. The second kappa shape index (κ2) is 11.2. The van der Waals surface area contributed by atoms with Gasteiger partial charge in [-0.3, -0.25) is 18.9 Å². The van der Waals surface area contributed by atoms with E-state index in [0.717, 1.165) is 36.1 Å². The fourth-order valence-corrected chi connectivity index (χ4v) is 7.67. The van der Waals surface area contributed by atoms with Crippen LogP contribution in [0, 0.1) is 0 Å². The quantitative estimate of drug-likeness (QED) is 0.175. The van der Waals surface area contributed by atoms with Gasteiger partial charge in [0.05, 0.1) is 6.61 Å². The molecule has 2 heterocycles. The van der Waals surface area contributed by atoms with Gasteiger partial charge in [-0.1, -0.05) is 19.3 Å². The first-order valence-corrected chi connectivity index (χ1v) is 14.9. The number of aliphatic hydroxyl groups excluding tert-OH is 2. The van der Waals surface area contributed by atoms with Crippen molar-refractivity contribution in [3.8, 4) is 0 Å². The van der Waals surface area contributed by atoms with Gasteiger partial charge in [-0.25, -0.2) is 23.6 Å². The van der Waals surface area contributed by atoms with E-state index in [1.54, 1.807) is 0 Å². The smallest absolute Gasteiger partial charge is 0.387 e. The summed E-state index contributed by atoms with van der Waals surface area (Å²) in [5.74, 6) is 0. The summed E-state index contributed by atoms with van der Waals surface area (Å²) in [5, 5.41) is 22.4. The van der Waals surface area contributed by atoms with Gasteiger partial charge in [-0.15, -0.1) is 0 Å². The minimum Gasteiger partial charge on any atom is -0.387 e. The number of H-pyrrole nitrogens is 1. The minimum absolute atomic E-state index is 0.466. The molecule has 7 N–H and O–H groups in total. The lowest BCUT2D eigenvalue weighted by Gasteiger charge is -2.26. The molecule has 20 heteroatoms. The van der Waals surface area contributed by atoms with Crippen molar-refractivity contribution >= 4 is 23.4 Å². The van der Waals surface area contributed by atoms with Gasteiger partial charge < -0.3 is 29.6 Å². The van der Waals surface area contributed by atoms with E-state index in [1.165, 1.54) is 0 Å². The van der Waals surface area contributed by atoms with E-state index in [1.807, 2.05) is 4.98 Å². The lowest BCUT2D eigenvalue weighted by molar-refractivity contribution is -0.0542. The summed E-state index contributed by atoms with van der Waals surface area (Å²) in [4.78, 5) is 54.2. The summed E-state index contributed by atoms with van der Waals surface area (Å²) in [6, 6.07) is 0.484. The van der Waals surface area contributed by atoms with Crippen LogP contribution in [0.2, 0.25) is 0 Å². The van der Waals surface area contributed by atoms with Crippen LogP contribution in [0.25, 0.3) is 0 Å². The first-order valence-electron chi connectivity index (χ1n) is 10.3. The Kier molecular flexibility index (Phi) is 9.09. The van der Waals surface area contributed by atoms with Crippen LogP contribution in [0.5, 0.6) is 0 Å². The van der Waals surface area contributed by atoms with E-state index in [0.29, 0.717) is 12.8 Å². The zero-order valence-corrected chi connectivity index (χ0v) is 20.7. The Morgan fingerprint density at radius 2 is 1.69 bits per heavy atom. The number of rotatable bonds is 10. The highest BCUT2D eigenvalue weighted by Gasteiger charge is 2.47. The first-order chi connectivity index (χ1) is 16.2. The average Bonchev–Trinajstić information content (AvgIpc) is 2.99. The van der Waals surface area contributed by atoms with Crippen molar-refractivity contribution < 1.29 is 56.5 Å². The van der Waals surface area contributed by atoms with Crippen LogP contribution in [0.15, 0.2) is 21.9 Å². The highest BCUT2D eigenvalue weighted by atomic mass is 31.3. The van der Waals surface area contributed by atoms with Gasteiger partial charge in [0.2, 0.25) is 0 Å². The predicted octanol–water partition coefficient (Wildman–Crippen LogP) is -0.571.